The van der Waals surface area contributed by atoms with Gasteiger partial charge in [-0.3, -0.25) is 13.9 Å². The number of carbonyl (C=O) groups is 2. The van der Waals surface area contributed by atoms with Crippen molar-refractivity contribution in [2.75, 3.05) is 24.5 Å². The van der Waals surface area contributed by atoms with Crippen molar-refractivity contribution in [3.63, 3.8) is 0 Å². The monoisotopic (exact) mass is 565 g/mol. The normalized spacial score (nSPS) is 11.9. The molecule has 0 fully saturated rings. The highest BCUT2D eigenvalue weighted by atomic mass is 32.2. The number of unbranched alkanes of at least 4 members (excludes halogenated alkanes) is 1. The molecule has 0 spiro atoms. The van der Waals surface area contributed by atoms with Gasteiger partial charge >= 0.3 is 0 Å². The van der Waals surface area contributed by atoms with Crippen molar-refractivity contribution in [3.05, 3.63) is 89.5 Å². The first kappa shape index (κ1) is 30.7. The van der Waals surface area contributed by atoms with Gasteiger partial charge in [-0.25, -0.2) is 8.42 Å². The Morgan fingerprint density at radius 2 is 1.65 bits per heavy atom. The van der Waals surface area contributed by atoms with E-state index in [-0.39, 0.29) is 23.0 Å². The van der Waals surface area contributed by atoms with E-state index in [1.165, 1.54) is 24.1 Å². The zero-order chi connectivity index (χ0) is 29.3. The second kappa shape index (κ2) is 14.0. The van der Waals surface area contributed by atoms with Gasteiger partial charge in [0.05, 0.1) is 17.7 Å². The molecule has 0 unspecified atom stereocenters. The zero-order valence-electron chi connectivity index (χ0n) is 23.9. The summed E-state index contributed by atoms with van der Waals surface area (Å²) in [6.07, 6.45) is 1.74. The molecule has 0 aromatic heterocycles. The van der Waals surface area contributed by atoms with Crippen LogP contribution in [0, 0.1) is 13.8 Å². The van der Waals surface area contributed by atoms with Gasteiger partial charge in [-0.2, -0.15) is 0 Å². The lowest BCUT2D eigenvalue weighted by molar-refractivity contribution is -0.139. The van der Waals surface area contributed by atoms with E-state index in [2.05, 4.69) is 5.32 Å². The highest BCUT2D eigenvalue weighted by Gasteiger charge is 2.34. The molecular formula is C31H39N3O5S. The Morgan fingerprint density at radius 1 is 0.975 bits per heavy atom. The number of benzene rings is 3. The number of aryl methyl sites for hydroxylation is 2. The summed E-state index contributed by atoms with van der Waals surface area (Å²) < 4.78 is 34.5. The maximum Gasteiger partial charge on any atom is 0.264 e. The molecule has 3 aromatic rings. The number of nitrogens with zero attached hydrogens (tertiary/aromatic N) is 2. The number of anilines is 1. The molecule has 1 N–H and O–H groups in total. The molecule has 0 saturated carbocycles. The Bertz CT molecular complexity index is 1410. The first-order chi connectivity index (χ1) is 19.1. The minimum absolute atomic E-state index is 0.0437. The van der Waals surface area contributed by atoms with Gasteiger partial charge in [-0.15, -0.1) is 0 Å². The Morgan fingerprint density at radius 3 is 2.30 bits per heavy atom. The number of rotatable bonds is 13. The number of hydrogen-bond acceptors (Lipinski definition) is 5. The molecule has 0 aliphatic rings. The third-order valence-electron chi connectivity index (χ3n) is 6.81. The van der Waals surface area contributed by atoms with Crippen LogP contribution < -0.4 is 14.4 Å². The third-order valence-corrected chi connectivity index (χ3v) is 8.59. The van der Waals surface area contributed by atoms with E-state index in [4.69, 9.17) is 4.74 Å². The Balaban J connectivity index is 2.07. The largest absolute Gasteiger partial charge is 0.495 e. The van der Waals surface area contributed by atoms with Crippen molar-refractivity contribution in [2.45, 2.75) is 58.0 Å². The summed E-state index contributed by atoms with van der Waals surface area (Å²) in [5.74, 6) is -0.487. The average Bonchev–Trinajstić information content (AvgIpc) is 2.95. The third kappa shape index (κ3) is 7.41. The van der Waals surface area contributed by atoms with Gasteiger partial charge in [0.15, 0.2) is 0 Å². The summed E-state index contributed by atoms with van der Waals surface area (Å²) in [6.45, 7) is 7.61. The van der Waals surface area contributed by atoms with Crippen molar-refractivity contribution in [1.82, 2.24) is 10.2 Å². The smallest absolute Gasteiger partial charge is 0.264 e. The number of amides is 2. The predicted octanol–water partition coefficient (Wildman–Crippen LogP) is 4.84. The lowest BCUT2D eigenvalue weighted by Crippen LogP contribution is -2.51. The van der Waals surface area contributed by atoms with E-state index in [1.807, 2.05) is 51.1 Å². The number of carbonyl (C=O) groups excluding carboxylic acids is 2. The van der Waals surface area contributed by atoms with Crippen LogP contribution in [0.5, 0.6) is 5.75 Å². The van der Waals surface area contributed by atoms with Crippen molar-refractivity contribution < 1.29 is 22.7 Å². The van der Waals surface area contributed by atoms with Gasteiger partial charge in [0.2, 0.25) is 11.8 Å². The van der Waals surface area contributed by atoms with Gasteiger partial charge in [0, 0.05) is 13.1 Å². The van der Waals surface area contributed by atoms with Gasteiger partial charge in [-0.05, 0) is 68.1 Å². The Hall–Kier alpha value is -3.85. The molecule has 9 heteroatoms. The van der Waals surface area contributed by atoms with Gasteiger partial charge < -0.3 is 15.0 Å². The van der Waals surface area contributed by atoms with Crippen LogP contribution in [0.1, 0.15) is 43.4 Å². The second-order valence-corrected chi connectivity index (χ2v) is 11.6. The first-order valence-electron chi connectivity index (χ1n) is 13.4. The molecule has 0 heterocycles. The lowest BCUT2D eigenvalue weighted by Gasteiger charge is -2.32. The summed E-state index contributed by atoms with van der Waals surface area (Å²) in [6, 6.07) is 19.9. The van der Waals surface area contributed by atoms with E-state index < -0.39 is 28.5 Å². The van der Waals surface area contributed by atoms with E-state index in [1.54, 1.807) is 37.3 Å². The molecule has 8 nitrogen and oxygen atoms in total. The summed E-state index contributed by atoms with van der Waals surface area (Å²) in [7, 11) is -2.72. The maximum absolute atomic E-state index is 14.1. The van der Waals surface area contributed by atoms with E-state index in [0.717, 1.165) is 33.8 Å². The second-order valence-electron chi connectivity index (χ2n) is 9.77. The predicted molar refractivity (Wildman–Crippen MR) is 158 cm³/mol. The average molecular weight is 566 g/mol. The fourth-order valence-corrected chi connectivity index (χ4v) is 5.76. The molecule has 0 aliphatic heterocycles. The number of methoxy groups -OCH3 is 1. The van der Waals surface area contributed by atoms with Crippen LogP contribution >= 0.6 is 0 Å². The van der Waals surface area contributed by atoms with E-state index >= 15 is 0 Å². The van der Waals surface area contributed by atoms with Crippen molar-refractivity contribution >= 4 is 27.5 Å². The molecule has 0 saturated heterocycles. The topological polar surface area (TPSA) is 96.0 Å². The molecule has 214 valence electrons. The molecule has 0 aliphatic carbocycles. The highest BCUT2D eigenvalue weighted by molar-refractivity contribution is 7.92. The van der Waals surface area contributed by atoms with Gasteiger partial charge in [-0.1, -0.05) is 61.9 Å². The molecule has 3 aromatic carbocycles. The fourth-order valence-electron chi connectivity index (χ4n) is 4.32. The molecule has 40 heavy (non-hydrogen) atoms. The minimum atomic E-state index is -4.17. The lowest BCUT2D eigenvalue weighted by atomic mass is 10.1. The van der Waals surface area contributed by atoms with Crippen LogP contribution in [0.3, 0.4) is 0 Å². The van der Waals surface area contributed by atoms with Crippen LogP contribution in [-0.4, -0.2) is 51.4 Å². The summed E-state index contributed by atoms with van der Waals surface area (Å²) in [5.41, 5.74) is 2.88. The Kier molecular flexibility index (Phi) is 10.7. The number of sulfonamides is 1. The maximum atomic E-state index is 14.1. The Labute approximate surface area is 238 Å². The number of hydrogen-bond donors (Lipinski definition) is 1. The summed E-state index contributed by atoms with van der Waals surface area (Å²) >= 11 is 0. The molecule has 1 atom stereocenters. The molecular weight excluding hydrogens is 526 g/mol. The van der Waals surface area contributed by atoms with E-state index in [0.29, 0.717) is 12.3 Å². The molecule has 3 rings (SSSR count). The molecule has 0 radical (unpaired) electrons. The van der Waals surface area contributed by atoms with E-state index in [9.17, 15) is 18.0 Å². The SMILES string of the molecule is CCCCNC(=O)[C@@H](C)N(Cc1ccccc1C)C(=O)CN(c1cc(C)ccc1OC)S(=O)(=O)c1ccccc1. The molecule has 0 bridgehead atoms. The molecule has 2 amide bonds. The zero-order valence-corrected chi connectivity index (χ0v) is 24.7. The van der Waals surface area contributed by atoms with Crippen molar-refractivity contribution in [3.8, 4) is 5.75 Å². The standard InChI is InChI=1S/C31H39N3O5S/c1-6-7-19-32-31(36)25(4)33(21-26-14-12-11-13-24(26)3)30(35)22-34(28-20-23(2)17-18-29(28)39-5)40(37,38)27-15-9-8-10-16-27/h8-18,20,25H,6-7,19,21-22H2,1-5H3,(H,32,36)/t25-/m1/s1. The fraction of sp³-hybridized carbons (Fsp3) is 0.355. The first-order valence-corrected chi connectivity index (χ1v) is 14.9. The highest BCUT2D eigenvalue weighted by Crippen LogP contribution is 2.33. The van der Waals surface area contributed by atoms with Crippen LogP contribution in [-0.2, 0) is 26.2 Å². The summed E-state index contributed by atoms with van der Waals surface area (Å²) in [5, 5.41) is 2.90. The summed E-state index contributed by atoms with van der Waals surface area (Å²) in [4.78, 5) is 28.7. The van der Waals surface area contributed by atoms with Crippen LogP contribution in [0.25, 0.3) is 0 Å². The number of nitrogens with one attached hydrogen (secondary N) is 1. The van der Waals surface area contributed by atoms with Gasteiger partial charge in [0.25, 0.3) is 10.0 Å². The number of ether oxygens (including phenoxy) is 1. The minimum Gasteiger partial charge on any atom is -0.495 e. The van der Waals surface area contributed by atoms with Crippen LogP contribution in [0.4, 0.5) is 5.69 Å². The van der Waals surface area contributed by atoms with Crippen molar-refractivity contribution in [1.29, 1.82) is 0 Å². The van der Waals surface area contributed by atoms with Crippen LogP contribution in [0.15, 0.2) is 77.7 Å². The van der Waals surface area contributed by atoms with Gasteiger partial charge in [0.1, 0.15) is 18.3 Å². The van der Waals surface area contributed by atoms with Crippen LogP contribution in [0.2, 0.25) is 0 Å². The van der Waals surface area contributed by atoms with Crippen molar-refractivity contribution in [2.24, 2.45) is 0 Å². The quantitative estimate of drug-likeness (QED) is 0.299.